The van der Waals surface area contributed by atoms with Crippen LogP contribution in [0.4, 0.5) is 0 Å². The first-order valence-electron chi connectivity index (χ1n) is 14.0. The molecule has 0 N–H and O–H groups in total. The van der Waals surface area contributed by atoms with Crippen molar-refractivity contribution < 1.29 is 23.7 Å². The molecule has 0 aromatic heterocycles. The Morgan fingerprint density at radius 1 is 0.821 bits per heavy atom. The van der Waals surface area contributed by atoms with Crippen LogP contribution in [-0.4, -0.2) is 38.5 Å². The van der Waals surface area contributed by atoms with Crippen molar-refractivity contribution in [1.82, 2.24) is 0 Å². The third-order valence-electron chi connectivity index (χ3n) is 6.84. The molecule has 0 radical (unpaired) electrons. The van der Waals surface area contributed by atoms with Gasteiger partial charge in [-0.05, 0) is 72.7 Å². The number of carbonyl (C=O) groups excluding carboxylic acids is 1. The average molecular weight is 529 g/mol. The van der Waals surface area contributed by atoms with Crippen LogP contribution in [0.5, 0.6) is 5.75 Å². The summed E-state index contributed by atoms with van der Waals surface area (Å²) in [6.45, 7) is 9.67. The molecule has 4 rings (SSSR count). The first kappa shape index (κ1) is 28.6. The molecule has 0 amide bonds. The van der Waals surface area contributed by atoms with E-state index < -0.39 is 6.10 Å². The second-order valence-electron chi connectivity index (χ2n) is 9.82. The molecule has 3 aromatic carbocycles. The van der Waals surface area contributed by atoms with E-state index in [1.165, 1.54) is 33.4 Å². The van der Waals surface area contributed by atoms with Crippen LogP contribution in [0.15, 0.2) is 60.7 Å². The number of fused-ring (bicyclic) bond motifs is 2. The number of ether oxygens (including phenoxy) is 4. The third-order valence-corrected chi connectivity index (χ3v) is 6.84. The summed E-state index contributed by atoms with van der Waals surface area (Å²) in [6, 6.07) is 21.0. The molecule has 2 unspecified atom stereocenters. The highest BCUT2D eigenvalue weighted by atomic mass is 16.6. The van der Waals surface area contributed by atoms with E-state index in [9.17, 15) is 4.79 Å². The van der Waals surface area contributed by atoms with Crippen LogP contribution >= 0.6 is 0 Å². The number of hydrogen-bond donors (Lipinski definition) is 0. The van der Waals surface area contributed by atoms with Gasteiger partial charge in [0.15, 0.2) is 6.10 Å². The standard InChI is InChI=1S/C34H40O5/c1-5-8-25-12-18-31-28(22-25)14-13-27-21-24(4)9-17-30(27)33(31)39-20-19-38-29-15-10-26(11-16-29)23-32(36-6-2)34(35)37-7-3/h9-18,21-22,32-33H,5-8,19-20,23H2,1-4H3. The number of aryl methyl sites for hydroxylation is 2. The molecule has 0 aliphatic heterocycles. The van der Waals surface area contributed by atoms with Crippen molar-refractivity contribution in [3.8, 4) is 5.75 Å². The van der Waals surface area contributed by atoms with E-state index in [1.54, 1.807) is 6.92 Å². The molecule has 0 saturated heterocycles. The van der Waals surface area contributed by atoms with E-state index >= 15 is 0 Å². The van der Waals surface area contributed by atoms with Gasteiger partial charge in [-0.2, -0.15) is 0 Å². The minimum absolute atomic E-state index is 0.161. The minimum atomic E-state index is -0.600. The summed E-state index contributed by atoms with van der Waals surface area (Å²) < 4.78 is 23.2. The van der Waals surface area contributed by atoms with Gasteiger partial charge >= 0.3 is 5.97 Å². The molecule has 1 aliphatic carbocycles. The zero-order chi connectivity index (χ0) is 27.6. The molecule has 3 aromatic rings. The molecule has 0 bridgehead atoms. The summed E-state index contributed by atoms with van der Waals surface area (Å²) >= 11 is 0. The SMILES string of the molecule is CCCc1ccc2c(c1)C=Cc1cc(C)ccc1C2OCCOc1ccc(CC(OCC)C(=O)OCC)cc1. The largest absolute Gasteiger partial charge is 0.491 e. The van der Waals surface area contributed by atoms with Crippen LogP contribution < -0.4 is 4.74 Å². The van der Waals surface area contributed by atoms with Gasteiger partial charge in [-0.15, -0.1) is 0 Å². The van der Waals surface area contributed by atoms with Crippen molar-refractivity contribution >= 4 is 18.1 Å². The van der Waals surface area contributed by atoms with Gasteiger partial charge in [0.25, 0.3) is 0 Å². The van der Waals surface area contributed by atoms with Gasteiger partial charge in [-0.3, -0.25) is 0 Å². The second kappa shape index (κ2) is 14.1. The molecular weight excluding hydrogens is 488 g/mol. The summed E-state index contributed by atoms with van der Waals surface area (Å²) in [7, 11) is 0. The van der Waals surface area contributed by atoms with Gasteiger partial charge < -0.3 is 18.9 Å². The fourth-order valence-electron chi connectivity index (χ4n) is 4.96. The summed E-state index contributed by atoms with van der Waals surface area (Å²) in [4.78, 5) is 12.2. The highest BCUT2D eigenvalue weighted by Crippen LogP contribution is 2.36. The fraction of sp³-hybridized carbons (Fsp3) is 0.382. The molecule has 1 aliphatic rings. The molecule has 2 atom stereocenters. The monoisotopic (exact) mass is 528 g/mol. The lowest BCUT2D eigenvalue weighted by Gasteiger charge is -2.22. The Labute approximate surface area is 232 Å². The van der Waals surface area contributed by atoms with Crippen LogP contribution in [0.1, 0.15) is 72.2 Å². The van der Waals surface area contributed by atoms with Gasteiger partial charge in [0.2, 0.25) is 0 Å². The maximum atomic E-state index is 12.2. The van der Waals surface area contributed by atoms with Crippen molar-refractivity contribution in [3.05, 3.63) is 99.6 Å². The minimum Gasteiger partial charge on any atom is -0.491 e. The van der Waals surface area contributed by atoms with E-state index in [2.05, 4.69) is 62.4 Å². The Kier molecular flexibility index (Phi) is 10.3. The first-order valence-corrected chi connectivity index (χ1v) is 14.0. The molecule has 0 spiro atoms. The van der Waals surface area contributed by atoms with Gasteiger partial charge in [-0.25, -0.2) is 4.79 Å². The van der Waals surface area contributed by atoms with Crippen LogP contribution in [0.3, 0.4) is 0 Å². The summed E-state index contributed by atoms with van der Waals surface area (Å²) in [5.74, 6) is 0.431. The van der Waals surface area contributed by atoms with Gasteiger partial charge in [0.05, 0.1) is 13.2 Å². The number of carbonyl (C=O) groups is 1. The zero-order valence-corrected chi connectivity index (χ0v) is 23.6. The van der Waals surface area contributed by atoms with Crippen molar-refractivity contribution in [2.45, 2.75) is 59.2 Å². The number of hydrogen-bond acceptors (Lipinski definition) is 5. The third kappa shape index (κ3) is 7.59. The van der Waals surface area contributed by atoms with E-state index in [1.807, 2.05) is 31.2 Å². The van der Waals surface area contributed by atoms with Crippen LogP contribution in [0, 0.1) is 6.92 Å². The van der Waals surface area contributed by atoms with E-state index in [4.69, 9.17) is 18.9 Å². The van der Waals surface area contributed by atoms with E-state index in [-0.39, 0.29) is 12.1 Å². The van der Waals surface area contributed by atoms with Crippen molar-refractivity contribution in [2.24, 2.45) is 0 Å². The van der Waals surface area contributed by atoms with Crippen molar-refractivity contribution in [2.75, 3.05) is 26.4 Å². The number of rotatable bonds is 13. The molecule has 0 fully saturated rings. The zero-order valence-electron chi connectivity index (χ0n) is 23.6. The maximum Gasteiger partial charge on any atom is 0.335 e. The summed E-state index contributed by atoms with van der Waals surface area (Å²) in [5, 5.41) is 0. The molecule has 0 saturated carbocycles. The van der Waals surface area contributed by atoms with Gasteiger partial charge in [-0.1, -0.05) is 79.6 Å². The Balaban J connectivity index is 1.39. The molecule has 39 heavy (non-hydrogen) atoms. The quantitative estimate of drug-likeness (QED) is 0.175. The lowest BCUT2D eigenvalue weighted by Crippen LogP contribution is -2.28. The Morgan fingerprint density at radius 3 is 2.21 bits per heavy atom. The summed E-state index contributed by atoms with van der Waals surface area (Å²) in [5.41, 5.74) is 8.33. The van der Waals surface area contributed by atoms with Crippen LogP contribution in [0.2, 0.25) is 0 Å². The molecule has 0 heterocycles. The van der Waals surface area contributed by atoms with Crippen molar-refractivity contribution in [3.63, 3.8) is 0 Å². The Hall–Kier alpha value is -3.41. The molecule has 5 heteroatoms. The highest BCUT2D eigenvalue weighted by molar-refractivity contribution is 5.77. The van der Waals surface area contributed by atoms with Crippen molar-refractivity contribution in [1.29, 1.82) is 0 Å². The first-order chi connectivity index (χ1) is 19.0. The molecular formula is C34H40O5. The molecule has 5 nitrogen and oxygen atoms in total. The predicted molar refractivity (Wildman–Crippen MR) is 156 cm³/mol. The van der Waals surface area contributed by atoms with E-state index in [0.717, 1.165) is 24.2 Å². The number of benzene rings is 3. The predicted octanol–water partition coefficient (Wildman–Crippen LogP) is 7.13. The number of esters is 1. The van der Waals surface area contributed by atoms with Gasteiger partial charge in [0.1, 0.15) is 18.5 Å². The second-order valence-corrected chi connectivity index (χ2v) is 9.82. The highest BCUT2D eigenvalue weighted by Gasteiger charge is 2.23. The lowest BCUT2D eigenvalue weighted by molar-refractivity contribution is -0.156. The summed E-state index contributed by atoms with van der Waals surface area (Å²) in [6.07, 6.45) is 6.31. The topological polar surface area (TPSA) is 54.0 Å². The van der Waals surface area contributed by atoms with Gasteiger partial charge in [0, 0.05) is 13.0 Å². The van der Waals surface area contributed by atoms with Crippen LogP contribution in [0.25, 0.3) is 12.2 Å². The fourth-order valence-corrected chi connectivity index (χ4v) is 4.96. The molecule has 206 valence electrons. The normalized spacial score (nSPS) is 14.7. The average Bonchev–Trinajstić information content (AvgIpc) is 3.08. The Morgan fingerprint density at radius 2 is 1.51 bits per heavy atom. The smallest absolute Gasteiger partial charge is 0.335 e. The Bertz CT molecular complexity index is 1260. The van der Waals surface area contributed by atoms with E-state index in [0.29, 0.717) is 32.8 Å². The lowest BCUT2D eigenvalue weighted by atomic mass is 9.94. The van der Waals surface area contributed by atoms with Crippen LogP contribution in [-0.2, 0) is 31.8 Å². The maximum absolute atomic E-state index is 12.2.